The van der Waals surface area contributed by atoms with Gasteiger partial charge in [-0.2, -0.15) is 4.98 Å². The molecule has 0 saturated carbocycles. The van der Waals surface area contributed by atoms with Crippen LogP contribution in [-0.2, 0) is 17.0 Å². The van der Waals surface area contributed by atoms with E-state index >= 15 is 0 Å². The van der Waals surface area contributed by atoms with E-state index in [0.29, 0.717) is 36.3 Å². The summed E-state index contributed by atoms with van der Waals surface area (Å²) in [7, 11) is 0. The summed E-state index contributed by atoms with van der Waals surface area (Å²) < 4.78 is 10.1. The zero-order valence-corrected chi connectivity index (χ0v) is 15.2. The fourth-order valence-electron chi connectivity index (χ4n) is 2.33. The smallest absolute Gasteiger partial charge is 0.357 e. The SMILES string of the molecule is CCOC(=O)c1cc(-c2ccc(-c3noc(CCl)n3)cc2)nc(CC)n1. The predicted octanol–water partition coefficient (Wildman–Crippen LogP) is 3.67. The Bertz CT molecular complexity index is 909. The van der Waals surface area contributed by atoms with Crippen molar-refractivity contribution in [3.8, 4) is 22.6 Å². The van der Waals surface area contributed by atoms with E-state index < -0.39 is 5.97 Å². The minimum Gasteiger partial charge on any atom is -0.461 e. The second kappa shape index (κ2) is 8.05. The molecule has 2 heterocycles. The molecule has 8 heteroatoms. The molecule has 0 aliphatic heterocycles. The second-order valence-electron chi connectivity index (χ2n) is 5.35. The lowest BCUT2D eigenvalue weighted by Gasteiger charge is -2.07. The standard InChI is InChI=1S/C18H17ClN4O3/c1-3-15-20-13(9-14(21-15)18(24)25-4-2)11-5-7-12(8-6-11)17-22-16(10-19)26-23-17/h5-9H,3-4,10H2,1-2H3. The first kappa shape index (κ1) is 18.0. The summed E-state index contributed by atoms with van der Waals surface area (Å²) in [6.45, 7) is 3.98. The molecule has 0 radical (unpaired) electrons. The quantitative estimate of drug-likeness (QED) is 0.481. The molecule has 0 saturated heterocycles. The van der Waals surface area contributed by atoms with E-state index in [-0.39, 0.29) is 11.6 Å². The third-order valence-electron chi connectivity index (χ3n) is 3.59. The highest BCUT2D eigenvalue weighted by molar-refractivity contribution is 6.16. The van der Waals surface area contributed by atoms with E-state index in [1.165, 1.54) is 0 Å². The number of alkyl halides is 1. The molecule has 3 rings (SSSR count). The second-order valence-corrected chi connectivity index (χ2v) is 5.62. The lowest BCUT2D eigenvalue weighted by Crippen LogP contribution is -2.10. The Kier molecular flexibility index (Phi) is 5.58. The molecule has 26 heavy (non-hydrogen) atoms. The normalized spacial score (nSPS) is 10.7. The highest BCUT2D eigenvalue weighted by Crippen LogP contribution is 2.23. The number of rotatable bonds is 6. The summed E-state index contributed by atoms with van der Waals surface area (Å²) in [6, 6.07) is 9.10. The van der Waals surface area contributed by atoms with Gasteiger partial charge in [-0.05, 0) is 13.0 Å². The number of ether oxygens (including phenoxy) is 1. The van der Waals surface area contributed by atoms with Crippen LogP contribution in [0.2, 0.25) is 0 Å². The van der Waals surface area contributed by atoms with Crippen LogP contribution in [0.4, 0.5) is 0 Å². The molecule has 0 amide bonds. The third-order valence-corrected chi connectivity index (χ3v) is 3.82. The average molecular weight is 373 g/mol. The molecule has 1 aromatic carbocycles. The fraction of sp³-hybridized carbons (Fsp3) is 0.278. The molecule has 0 fully saturated rings. The monoisotopic (exact) mass is 372 g/mol. The van der Waals surface area contributed by atoms with Gasteiger partial charge < -0.3 is 9.26 Å². The minimum atomic E-state index is -0.456. The van der Waals surface area contributed by atoms with Crippen LogP contribution in [0.3, 0.4) is 0 Å². The number of esters is 1. The number of halogens is 1. The largest absolute Gasteiger partial charge is 0.461 e. The molecule has 134 valence electrons. The Morgan fingerprint density at radius 3 is 2.46 bits per heavy atom. The van der Waals surface area contributed by atoms with E-state index in [1.54, 1.807) is 13.0 Å². The van der Waals surface area contributed by atoms with Crippen molar-refractivity contribution in [1.29, 1.82) is 0 Å². The van der Waals surface area contributed by atoms with Crippen LogP contribution in [0.1, 0.15) is 36.1 Å². The number of aromatic nitrogens is 4. The van der Waals surface area contributed by atoms with Crippen LogP contribution in [0.15, 0.2) is 34.9 Å². The summed E-state index contributed by atoms with van der Waals surface area (Å²) in [5, 5.41) is 3.89. The van der Waals surface area contributed by atoms with E-state index in [4.69, 9.17) is 20.9 Å². The molecular weight excluding hydrogens is 356 g/mol. The molecule has 0 unspecified atom stereocenters. The van der Waals surface area contributed by atoms with E-state index in [1.807, 2.05) is 31.2 Å². The third kappa shape index (κ3) is 3.88. The van der Waals surface area contributed by atoms with E-state index in [9.17, 15) is 4.79 Å². The Morgan fingerprint density at radius 2 is 1.85 bits per heavy atom. The Labute approximate surface area is 155 Å². The maximum atomic E-state index is 12.0. The van der Waals surface area contributed by atoms with Gasteiger partial charge in [0.05, 0.1) is 12.3 Å². The van der Waals surface area contributed by atoms with Gasteiger partial charge in [0.25, 0.3) is 0 Å². The van der Waals surface area contributed by atoms with Gasteiger partial charge in [0, 0.05) is 17.5 Å². The molecule has 2 aromatic heterocycles. The maximum absolute atomic E-state index is 12.0. The van der Waals surface area contributed by atoms with Gasteiger partial charge in [0.1, 0.15) is 11.7 Å². The van der Waals surface area contributed by atoms with Crippen LogP contribution in [0, 0.1) is 0 Å². The summed E-state index contributed by atoms with van der Waals surface area (Å²) in [4.78, 5) is 24.9. The summed E-state index contributed by atoms with van der Waals surface area (Å²) in [5.74, 6) is 1.13. The molecule has 0 spiro atoms. The van der Waals surface area contributed by atoms with Gasteiger partial charge >= 0.3 is 5.97 Å². The van der Waals surface area contributed by atoms with Crippen LogP contribution >= 0.6 is 11.6 Å². The van der Waals surface area contributed by atoms with E-state index in [0.717, 1.165) is 11.1 Å². The lowest BCUT2D eigenvalue weighted by molar-refractivity contribution is 0.0519. The summed E-state index contributed by atoms with van der Waals surface area (Å²) >= 11 is 5.68. The van der Waals surface area contributed by atoms with Crippen molar-refractivity contribution >= 4 is 17.6 Å². The van der Waals surface area contributed by atoms with Gasteiger partial charge in [-0.15, -0.1) is 11.6 Å². The van der Waals surface area contributed by atoms with Crippen LogP contribution in [0.5, 0.6) is 0 Å². The topological polar surface area (TPSA) is 91.0 Å². The summed E-state index contributed by atoms with van der Waals surface area (Å²) in [6.07, 6.45) is 0.613. The molecule has 7 nitrogen and oxygen atoms in total. The molecule has 0 N–H and O–H groups in total. The predicted molar refractivity (Wildman–Crippen MR) is 95.7 cm³/mol. The number of hydrogen-bond donors (Lipinski definition) is 0. The number of carbonyl (C=O) groups excluding carboxylic acids is 1. The zero-order valence-electron chi connectivity index (χ0n) is 14.4. The number of aryl methyl sites for hydroxylation is 1. The first-order valence-corrected chi connectivity index (χ1v) is 8.72. The Hall–Kier alpha value is -2.80. The number of carbonyl (C=O) groups is 1. The average Bonchev–Trinajstić information content (AvgIpc) is 3.17. The van der Waals surface area contributed by atoms with Crippen molar-refractivity contribution in [2.24, 2.45) is 0 Å². The zero-order chi connectivity index (χ0) is 18.5. The Balaban J connectivity index is 1.93. The molecule has 3 aromatic rings. The van der Waals surface area contributed by atoms with Gasteiger partial charge in [0.2, 0.25) is 11.7 Å². The van der Waals surface area contributed by atoms with Gasteiger partial charge in [0.15, 0.2) is 5.69 Å². The van der Waals surface area contributed by atoms with Crippen molar-refractivity contribution in [2.45, 2.75) is 26.1 Å². The minimum absolute atomic E-state index is 0.169. The van der Waals surface area contributed by atoms with Crippen molar-refractivity contribution in [1.82, 2.24) is 20.1 Å². The van der Waals surface area contributed by atoms with Gasteiger partial charge in [-0.1, -0.05) is 36.3 Å². The first-order valence-electron chi connectivity index (χ1n) is 8.19. The van der Waals surface area contributed by atoms with Crippen molar-refractivity contribution < 1.29 is 14.1 Å². The maximum Gasteiger partial charge on any atom is 0.357 e. The molecular formula is C18H17ClN4O3. The molecule has 0 bridgehead atoms. The van der Waals surface area contributed by atoms with Crippen molar-refractivity contribution in [3.63, 3.8) is 0 Å². The number of hydrogen-bond acceptors (Lipinski definition) is 7. The van der Waals surface area contributed by atoms with Crippen molar-refractivity contribution in [2.75, 3.05) is 6.61 Å². The van der Waals surface area contributed by atoms with Crippen LogP contribution in [0.25, 0.3) is 22.6 Å². The highest BCUT2D eigenvalue weighted by Gasteiger charge is 2.14. The highest BCUT2D eigenvalue weighted by atomic mass is 35.5. The van der Waals surface area contributed by atoms with Crippen LogP contribution < -0.4 is 0 Å². The fourth-order valence-corrected chi connectivity index (χ4v) is 2.44. The first-order chi connectivity index (χ1) is 12.6. The van der Waals surface area contributed by atoms with E-state index in [2.05, 4.69) is 20.1 Å². The number of benzene rings is 1. The van der Waals surface area contributed by atoms with Crippen molar-refractivity contribution in [3.05, 3.63) is 47.7 Å². The molecule has 0 aliphatic carbocycles. The van der Waals surface area contributed by atoms with Gasteiger partial charge in [-0.3, -0.25) is 0 Å². The van der Waals surface area contributed by atoms with Crippen LogP contribution in [-0.4, -0.2) is 32.7 Å². The number of nitrogens with zero attached hydrogens (tertiary/aromatic N) is 4. The molecule has 0 aliphatic rings. The Morgan fingerprint density at radius 1 is 1.12 bits per heavy atom. The summed E-state index contributed by atoms with van der Waals surface area (Å²) in [5.41, 5.74) is 2.55. The molecule has 0 atom stereocenters. The lowest BCUT2D eigenvalue weighted by atomic mass is 10.1. The van der Waals surface area contributed by atoms with Gasteiger partial charge in [-0.25, -0.2) is 14.8 Å².